The van der Waals surface area contributed by atoms with Gasteiger partial charge in [-0.3, -0.25) is 19.4 Å². The van der Waals surface area contributed by atoms with E-state index < -0.39 is 0 Å². The maximum atomic E-state index is 11.2. The van der Waals surface area contributed by atoms with E-state index in [4.69, 9.17) is 5.11 Å². The molecule has 0 radical (unpaired) electrons. The highest BCUT2D eigenvalue weighted by Gasteiger charge is 2.03. The average Bonchev–Trinajstić information content (AvgIpc) is 3.23. The van der Waals surface area contributed by atoms with E-state index >= 15 is 0 Å². The quantitative estimate of drug-likeness (QED) is 0.0315. The standard InChI is InChI=1S/2C10H10N4OS.C5H5BrN2.C5H6N2OS.C5H6N2O.Br3P.ClH/c2*1-7-5-9(15)14-10(13-7)16-6-8-11-3-2-4-12-8;6-4-5-7-2-1-3-8-5;1-3-2-4(8)7-5(9)6-3;8-4-5-6-2-1-3-7-5;1-4(2)3;/h2*2-5H,6H2,1H3,(H,13,14,15);1-3H,4H2;2H,1H3,(H2,6,7,8,9);1-3,8H,4H2;;1H. The summed E-state index contributed by atoms with van der Waals surface area (Å²) in [5.74, 6) is 3.91. The molecule has 0 saturated carbocycles. The van der Waals surface area contributed by atoms with Crippen LogP contribution in [0.25, 0.3) is 0 Å². The van der Waals surface area contributed by atoms with Crippen molar-refractivity contribution in [3.05, 3.63) is 168 Å². The molecule has 7 heterocycles. The number of thioether (sulfide) groups is 2. The predicted molar refractivity (Wildman–Crippen MR) is 263 cm³/mol. The van der Waals surface area contributed by atoms with Gasteiger partial charge in [0.1, 0.15) is 28.1 Å². The summed E-state index contributed by atoms with van der Waals surface area (Å²) in [6, 6.07) is 11.4. The first-order valence-corrected chi connectivity index (χ1v) is 27.9. The molecule has 18 nitrogen and oxygen atoms in total. The van der Waals surface area contributed by atoms with Crippen LogP contribution < -0.4 is 16.7 Å². The van der Waals surface area contributed by atoms with E-state index in [1.807, 2.05) is 0 Å². The molecule has 7 aromatic heterocycles. The van der Waals surface area contributed by atoms with Gasteiger partial charge in [-0.1, -0.05) is 39.5 Å². The molecule has 0 atom stereocenters. The highest BCUT2D eigenvalue weighted by molar-refractivity contribution is 9.93. The molecule has 0 aliphatic carbocycles. The number of rotatable bonds is 8. The fourth-order valence-corrected chi connectivity index (χ4v) is 5.86. The van der Waals surface area contributed by atoms with Crippen LogP contribution in [0, 0.1) is 25.5 Å². The zero-order chi connectivity index (χ0) is 44.8. The first-order valence-electron chi connectivity index (χ1n) is 17.0. The minimum Gasteiger partial charge on any atom is -0.388 e. The summed E-state index contributed by atoms with van der Waals surface area (Å²) in [5, 5.41) is 10.3. The molecule has 27 heteroatoms. The normalized spacial score (nSPS) is 9.63. The fourth-order valence-electron chi connectivity index (χ4n) is 3.72. The fraction of sp³-hybridized carbons (Fsp3) is 0.200. The highest BCUT2D eigenvalue weighted by Crippen LogP contribution is 2.59. The van der Waals surface area contributed by atoms with Crippen LogP contribution >= 0.6 is 115 Å². The molecule has 0 aromatic carbocycles. The Bertz CT molecular complexity index is 2340. The van der Waals surface area contributed by atoms with Crippen molar-refractivity contribution in [3.63, 3.8) is 0 Å². The van der Waals surface area contributed by atoms with E-state index in [0.717, 1.165) is 28.5 Å². The van der Waals surface area contributed by atoms with Crippen LogP contribution in [0.1, 0.15) is 40.4 Å². The van der Waals surface area contributed by atoms with Gasteiger partial charge in [-0.05, 0) is 104 Å². The zero-order valence-corrected chi connectivity index (χ0v) is 43.2. The molecular weight excluding hydrogens is 1160 g/mol. The lowest BCUT2D eigenvalue weighted by Crippen LogP contribution is -2.08. The molecule has 7 aromatic rings. The van der Waals surface area contributed by atoms with Crippen LogP contribution in [0.5, 0.6) is 0 Å². The Hall–Kier alpha value is -3.52. The number of nitrogens with zero attached hydrogens (tertiary/aromatic N) is 10. The summed E-state index contributed by atoms with van der Waals surface area (Å²) < 4.78 is 0.192. The first kappa shape index (κ1) is 56.5. The molecule has 330 valence electrons. The van der Waals surface area contributed by atoms with Crippen molar-refractivity contribution in [2.24, 2.45) is 0 Å². The average molecular weight is 1200 g/mol. The summed E-state index contributed by atoms with van der Waals surface area (Å²) in [6.45, 7) is 5.28. The Morgan fingerprint density at radius 2 is 0.919 bits per heavy atom. The molecule has 0 amide bonds. The number of halogens is 5. The molecule has 0 fully saturated rings. The zero-order valence-electron chi connectivity index (χ0n) is 32.7. The third-order valence-corrected chi connectivity index (χ3v) is 8.45. The van der Waals surface area contributed by atoms with Crippen molar-refractivity contribution in [2.45, 2.75) is 54.5 Å². The van der Waals surface area contributed by atoms with Gasteiger partial charge in [0.2, 0.25) is 0 Å². The molecule has 0 spiro atoms. The molecular formula is C35H38Br4ClN14O4PS3. The van der Waals surface area contributed by atoms with Gasteiger partial charge in [0.15, 0.2) is 20.9 Å². The Kier molecular flexibility index (Phi) is 30.9. The van der Waals surface area contributed by atoms with Crippen LogP contribution in [0.4, 0.5) is 0 Å². The molecule has 0 aliphatic rings. The predicted octanol–water partition coefficient (Wildman–Crippen LogP) is 8.22. The molecule has 5 N–H and O–H groups in total. The monoisotopic (exact) mass is 1200 g/mol. The largest absolute Gasteiger partial charge is 0.388 e. The van der Waals surface area contributed by atoms with E-state index in [1.165, 1.54) is 41.7 Å². The van der Waals surface area contributed by atoms with E-state index in [0.29, 0.717) is 43.8 Å². The maximum Gasteiger partial charge on any atom is 0.251 e. The lowest BCUT2D eigenvalue weighted by molar-refractivity contribution is 0.271. The summed E-state index contributed by atoms with van der Waals surface area (Å²) in [7, 11) is 0. The highest BCUT2D eigenvalue weighted by atomic mass is 80.0. The van der Waals surface area contributed by atoms with Gasteiger partial charge in [-0.2, -0.15) is 0 Å². The van der Waals surface area contributed by atoms with Crippen LogP contribution in [0.3, 0.4) is 0 Å². The number of aliphatic hydroxyl groups excluding tert-OH is 1. The maximum absolute atomic E-state index is 11.2. The number of aromatic nitrogens is 14. The number of hydrogen-bond acceptors (Lipinski definition) is 17. The molecule has 7 rings (SSSR count). The van der Waals surface area contributed by atoms with E-state index in [1.54, 1.807) is 94.6 Å². The Morgan fingerprint density at radius 3 is 1.19 bits per heavy atom. The molecule has 0 saturated heterocycles. The van der Waals surface area contributed by atoms with Crippen molar-refractivity contribution in [1.82, 2.24) is 69.8 Å². The Morgan fingerprint density at radius 1 is 0.581 bits per heavy atom. The number of hydrogen-bond donors (Lipinski definition) is 5. The third-order valence-electron chi connectivity index (χ3n) is 6.00. The van der Waals surface area contributed by atoms with Crippen molar-refractivity contribution in [1.29, 1.82) is 0 Å². The summed E-state index contributed by atoms with van der Waals surface area (Å²) in [6.07, 6.45) is 13.4. The van der Waals surface area contributed by atoms with Crippen LogP contribution in [-0.4, -0.2) is 74.9 Å². The number of alkyl halides is 1. The van der Waals surface area contributed by atoms with E-state index in [9.17, 15) is 14.4 Å². The SMILES string of the molecule is BrCc1ncccn1.BrP(Br)Br.Cc1cc(=O)[nH]c(=S)[nH]1.Cc1cc(=O)[nH]c(SCc2ncccn2)n1.Cc1cc(=O)[nH]c(SCc2ncccn2)n1.Cl.OCc1ncccn1. The van der Waals surface area contributed by atoms with Gasteiger partial charge in [0.05, 0.1) is 16.8 Å². The number of H-pyrrole nitrogens is 4. The van der Waals surface area contributed by atoms with Crippen molar-refractivity contribution in [3.8, 4) is 0 Å². The second-order valence-corrected chi connectivity index (χ2v) is 29.1. The van der Waals surface area contributed by atoms with Crippen LogP contribution in [0.2, 0.25) is 0 Å². The number of nitrogens with one attached hydrogen (secondary N) is 4. The minimum absolute atomic E-state index is 0. The van der Waals surface area contributed by atoms with Crippen molar-refractivity contribution < 1.29 is 5.11 Å². The van der Waals surface area contributed by atoms with Crippen LogP contribution in [-0.2, 0) is 23.4 Å². The molecule has 0 unspecified atom stereocenters. The lowest BCUT2D eigenvalue weighted by atomic mass is 10.5. The Labute approximate surface area is 408 Å². The smallest absolute Gasteiger partial charge is 0.251 e. The van der Waals surface area contributed by atoms with Gasteiger partial charge >= 0.3 is 0 Å². The topological polar surface area (TPSA) is 263 Å². The van der Waals surface area contributed by atoms with Gasteiger partial charge in [-0.25, -0.2) is 49.8 Å². The second kappa shape index (κ2) is 34.0. The number of aromatic amines is 4. The van der Waals surface area contributed by atoms with E-state index in [2.05, 4.69) is 144 Å². The van der Waals surface area contributed by atoms with Gasteiger partial charge in [0, 0.05) is 84.9 Å². The summed E-state index contributed by atoms with van der Waals surface area (Å²) in [5.41, 5.74) is 1.77. The summed E-state index contributed by atoms with van der Waals surface area (Å²) in [4.78, 5) is 83.5. The van der Waals surface area contributed by atoms with Crippen molar-refractivity contribution in [2.75, 3.05) is 0 Å². The first-order chi connectivity index (χ1) is 29.3. The van der Waals surface area contributed by atoms with Gasteiger partial charge in [0.25, 0.3) is 16.7 Å². The van der Waals surface area contributed by atoms with Crippen molar-refractivity contribution >= 4 is 115 Å². The molecule has 0 bridgehead atoms. The van der Waals surface area contributed by atoms with Gasteiger partial charge in [-0.15, -0.1) is 12.4 Å². The number of aliphatic hydroxyl groups is 1. The van der Waals surface area contributed by atoms with Crippen LogP contribution in [0.15, 0.2) is 117 Å². The summed E-state index contributed by atoms with van der Waals surface area (Å²) >= 11 is 20.2. The minimum atomic E-state index is -0.183. The van der Waals surface area contributed by atoms with Gasteiger partial charge < -0.3 is 20.1 Å². The molecule has 62 heavy (non-hydrogen) atoms. The van der Waals surface area contributed by atoms with E-state index in [-0.39, 0.29) is 39.7 Å². The lowest BCUT2D eigenvalue weighted by Gasteiger charge is -2.00. The second-order valence-electron chi connectivity index (χ2n) is 10.9. The number of aryl methyl sites for hydroxylation is 3. The Balaban J connectivity index is 0.000000390. The molecule has 0 aliphatic heterocycles. The third kappa shape index (κ3) is 28.2.